The average molecular weight is 308 g/mol. The van der Waals surface area contributed by atoms with Gasteiger partial charge in [0.25, 0.3) is 0 Å². The highest BCUT2D eigenvalue weighted by Crippen LogP contribution is 2.37. The van der Waals surface area contributed by atoms with Crippen LogP contribution in [0.2, 0.25) is 0 Å². The predicted molar refractivity (Wildman–Crippen MR) is 76.6 cm³/mol. The molecule has 3 heteroatoms. The fourth-order valence-electron chi connectivity index (χ4n) is 2.54. The Hall–Kier alpha value is -0.640. The SMILES string of the molecule is CN1Cc2ccccc2C(c2ccc(Br)s2)C1. The zero-order valence-electron chi connectivity index (χ0n) is 9.69. The van der Waals surface area contributed by atoms with Gasteiger partial charge in [-0.3, -0.25) is 0 Å². The van der Waals surface area contributed by atoms with Gasteiger partial charge in [-0.1, -0.05) is 24.3 Å². The van der Waals surface area contributed by atoms with Gasteiger partial charge in [-0.25, -0.2) is 0 Å². The highest BCUT2D eigenvalue weighted by Gasteiger charge is 2.25. The van der Waals surface area contributed by atoms with E-state index >= 15 is 0 Å². The van der Waals surface area contributed by atoms with Crippen LogP contribution >= 0.6 is 27.3 Å². The lowest BCUT2D eigenvalue weighted by molar-refractivity contribution is 0.296. The lowest BCUT2D eigenvalue weighted by atomic mass is 9.89. The number of hydrogen-bond acceptors (Lipinski definition) is 2. The highest BCUT2D eigenvalue weighted by molar-refractivity contribution is 9.11. The quantitative estimate of drug-likeness (QED) is 0.767. The van der Waals surface area contributed by atoms with Crippen LogP contribution < -0.4 is 0 Å². The van der Waals surface area contributed by atoms with Crippen LogP contribution in [-0.4, -0.2) is 18.5 Å². The summed E-state index contributed by atoms with van der Waals surface area (Å²) in [4.78, 5) is 3.86. The number of benzene rings is 1. The molecule has 0 saturated heterocycles. The van der Waals surface area contributed by atoms with E-state index in [0.29, 0.717) is 5.92 Å². The van der Waals surface area contributed by atoms with E-state index in [1.165, 1.54) is 19.8 Å². The van der Waals surface area contributed by atoms with Crippen molar-refractivity contribution in [2.45, 2.75) is 12.5 Å². The highest BCUT2D eigenvalue weighted by atomic mass is 79.9. The van der Waals surface area contributed by atoms with Crippen LogP contribution in [0.4, 0.5) is 0 Å². The van der Waals surface area contributed by atoms with Crippen molar-refractivity contribution in [1.82, 2.24) is 4.90 Å². The number of likely N-dealkylation sites (N-methyl/N-ethyl adjacent to an activating group) is 1. The molecule has 1 aromatic carbocycles. The molecule has 0 N–H and O–H groups in total. The first-order valence-electron chi connectivity index (χ1n) is 5.75. The Morgan fingerprint density at radius 1 is 1.24 bits per heavy atom. The van der Waals surface area contributed by atoms with E-state index in [2.05, 4.69) is 64.3 Å². The minimum atomic E-state index is 0.529. The molecule has 0 aliphatic carbocycles. The molecule has 0 fully saturated rings. The minimum absolute atomic E-state index is 0.529. The van der Waals surface area contributed by atoms with Gasteiger partial charge in [0.05, 0.1) is 3.79 Å². The number of fused-ring (bicyclic) bond motifs is 1. The molecular weight excluding hydrogens is 294 g/mol. The van der Waals surface area contributed by atoms with Crippen molar-refractivity contribution in [2.75, 3.05) is 13.6 Å². The maximum Gasteiger partial charge on any atom is 0.0701 e. The fraction of sp³-hybridized carbons (Fsp3) is 0.286. The first-order chi connectivity index (χ1) is 8.24. The largest absolute Gasteiger partial charge is 0.301 e. The molecule has 88 valence electrons. The summed E-state index contributed by atoms with van der Waals surface area (Å²) in [5, 5.41) is 0. The molecule has 1 aliphatic heterocycles. The number of thiophene rings is 1. The first-order valence-corrected chi connectivity index (χ1v) is 7.36. The van der Waals surface area contributed by atoms with Crippen molar-refractivity contribution < 1.29 is 0 Å². The summed E-state index contributed by atoms with van der Waals surface area (Å²) in [6.07, 6.45) is 0. The Balaban J connectivity index is 2.06. The van der Waals surface area contributed by atoms with Crippen LogP contribution in [-0.2, 0) is 6.54 Å². The summed E-state index contributed by atoms with van der Waals surface area (Å²) < 4.78 is 1.22. The van der Waals surface area contributed by atoms with Crippen LogP contribution in [0.25, 0.3) is 0 Å². The van der Waals surface area contributed by atoms with Crippen molar-refractivity contribution in [3.05, 3.63) is 56.2 Å². The number of nitrogens with zero attached hydrogens (tertiary/aromatic N) is 1. The summed E-state index contributed by atoms with van der Waals surface area (Å²) in [5.74, 6) is 0.529. The molecule has 0 radical (unpaired) electrons. The molecule has 2 heterocycles. The zero-order valence-corrected chi connectivity index (χ0v) is 12.1. The van der Waals surface area contributed by atoms with E-state index in [1.54, 1.807) is 0 Å². The van der Waals surface area contributed by atoms with Gasteiger partial charge in [0.15, 0.2) is 0 Å². The Bertz CT molecular complexity index is 535. The molecule has 17 heavy (non-hydrogen) atoms. The number of hydrogen-bond donors (Lipinski definition) is 0. The lowest BCUT2D eigenvalue weighted by Gasteiger charge is -2.31. The van der Waals surface area contributed by atoms with Gasteiger partial charge in [-0.15, -0.1) is 11.3 Å². The summed E-state index contributed by atoms with van der Waals surface area (Å²) in [5.41, 5.74) is 2.97. The third kappa shape index (κ3) is 2.19. The van der Waals surface area contributed by atoms with Gasteiger partial charge >= 0.3 is 0 Å². The second-order valence-corrected chi connectivity index (χ2v) is 7.08. The maximum atomic E-state index is 3.56. The Morgan fingerprint density at radius 2 is 2.06 bits per heavy atom. The smallest absolute Gasteiger partial charge is 0.0701 e. The van der Waals surface area contributed by atoms with Gasteiger partial charge in [0.1, 0.15) is 0 Å². The summed E-state index contributed by atoms with van der Waals surface area (Å²) in [6.45, 7) is 2.18. The summed E-state index contributed by atoms with van der Waals surface area (Å²) >= 11 is 5.41. The molecule has 0 amide bonds. The third-order valence-electron chi connectivity index (χ3n) is 3.30. The van der Waals surface area contributed by atoms with E-state index in [9.17, 15) is 0 Å². The second-order valence-electron chi connectivity index (χ2n) is 4.59. The van der Waals surface area contributed by atoms with E-state index < -0.39 is 0 Å². The third-order valence-corrected chi connectivity index (χ3v) is 5.04. The van der Waals surface area contributed by atoms with Gasteiger partial charge in [-0.05, 0) is 46.2 Å². The Labute approximate surface area is 114 Å². The van der Waals surface area contributed by atoms with E-state index in [-0.39, 0.29) is 0 Å². The number of rotatable bonds is 1. The Kier molecular flexibility index (Phi) is 3.07. The fourth-order valence-corrected chi connectivity index (χ4v) is 4.08. The second kappa shape index (κ2) is 4.56. The molecule has 1 atom stereocenters. The molecule has 0 spiro atoms. The van der Waals surface area contributed by atoms with E-state index in [1.807, 2.05) is 11.3 Å². The van der Waals surface area contributed by atoms with Crippen molar-refractivity contribution in [3.8, 4) is 0 Å². The summed E-state index contributed by atoms with van der Waals surface area (Å²) in [6, 6.07) is 13.2. The molecule has 1 aromatic heterocycles. The van der Waals surface area contributed by atoms with Gasteiger partial charge in [0.2, 0.25) is 0 Å². The molecule has 3 rings (SSSR count). The van der Waals surface area contributed by atoms with Gasteiger partial charge < -0.3 is 4.90 Å². The maximum absolute atomic E-state index is 3.56. The molecule has 0 saturated carbocycles. The van der Waals surface area contributed by atoms with Gasteiger partial charge in [0, 0.05) is 23.9 Å². The van der Waals surface area contributed by atoms with Crippen LogP contribution in [0.5, 0.6) is 0 Å². The van der Waals surface area contributed by atoms with Crippen LogP contribution in [0.15, 0.2) is 40.2 Å². The van der Waals surface area contributed by atoms with Crippen LogP contribution in [0.1, 0.15) is 21.9 Å². The first kappa shape index (κ1) is 11.5. The standard InChI is InChI=1S/C14H14BrNS/c1-16-8-10-4-2-3-5-11(10)12(9-16)13-6-7-14(15)17-13/h2-7,12H,8-9H2,1H3. The molecule has 1 aliphatic rings. The Morgan fingerprint density at radius 3 is 2.82 bits per heavy atom. The predicted octanol–water partition coefficient (Wildman–Crippen LogP) is 4.09. The molecule has 2 aromatic rings. The zero-order chi connectivity index (χ0) is 11.8. The molecular formula is C14H14BrNS. The molecule has 1 unspecified atom stereocenters. The van der Waals surface area contributed by atoms with Crippen molar-refractivity contribution in [2.24, 2.45) is 0 Å². The van der Waals surface area contributed by atoms with E-state index in [0.717, 1.165) is 13.1 Å². The monoisotopic (exact) mass is 307 g/mol. The number of halogens is 1. The van der Waals surface area contributed by atoms with Gasteiger partial charge in [-0.2, -0.15) is 0 Å². The van der Waals surface area contributed by atoms with Crippen molar-refractivity contribution in [1.29, 1.82) is 0 Å². The molecule has 0 bridgehead atoms. The van der Waals surface area contributed by atoms with Crippen LogP contribution in [0.3, 0.4) is 0 Å². The normalized spacial score (nSPS) is 20.2. The van der Waals surface area contributed by atoms with E-state index in [4.69, 9.17) is 0 Å². The summed E-state index contributed by atoms with van der Waals surface area (Å²) in [7, 11) is 2.20. The molecule has 1 nitrogen and oxygen atoms in total. The average Bonchev–Trinajstić information content (AvgIpc) is 2.74. The topological polar surface area (TPSA) is 3.24 Å². The lowest BCUT2D eigenvalue weighted by Crippen LogP contribution is -2.30. The van der Waals surface area contributed by atoms with Crippen molar-refractivity contribution in [3.63, 3.8) is 0 Å². The van der Waals surface area contributed by atoms with Crippen molar-refractivity contribution >= 4 is 27.3 Å². The van der Waals surface area contributed by atoms with Crippen LogP contribution in [0, 0.1) is 0 Å². The minimum Gasteiger partial charge on any atom is -0.301 e.